The summed E-state index contributed by atoms with van der Waals surface area (Å²) in [5.74, 6) is 0.731. The largest absolute Gasteiger partial charge is 0.378 e. The molecular formula is C10H19NO. The molecule has 0 atom stereocenters. The molecule has 0 bridgehead atoms. The van der Waals surface area contributed by atoms with Crippen LogP contribution in [0.1, 0.15) is 25.7 Å². The van der Waals surface area contributed by atoms with Crippen molar-refractivity contribution in [2.24, 2.45) is 11.7 Å². The van der Waals surface area contributed by atoms with Crippen molar-refractivity contribution in [1.29, 1.82) is 0 Å². The Morgan fingerprint density at radius 1 is 1.50 bits per heavy atom. The van der Waals surface area contributed by atoms with Gasteiger partial charge in [0.1, 0.15) is 0 Å². The second-order valence-electron chi connectivity index (χ2n) is 3.50. The molecule has 2 heteroatoms. The molecule has 1 aliphatic rings. The Bertz CT molecular complexity index is 130. The molecule has 70 valence electrons. The molecule has 0 unspecified atom stereocenters. The molecule has 0 saturated heterocycles. The first kappa shape index (κ1) is 9.75. The number of hydrogen-bond acceptors (Lipinski definition) is 2. The molecule has 12 heavy (non-hydrogen) atoms. The predicted octanol–water partition coefficient (Wildman–Crippen LogP) is 1.71. The lowest BCUT2D eigenvalue weighted by Crippen LogP contribution is -2.35. The van der Waals surface area contributed by atoms with Gasteiger partial charge in [-0.2, -0.15) is 0 Å². The van der Waals surface area contributed by atoms with Crippen LogP contribution in [0.25, 0.3) is 0 Å². The average Bonchev–Trinajstić information content (AvgIpc) is 2.01. The molecule has 0 aromatic heterocycles. The lowest BCUT2D eigenvalue weighted by Gasteiger charge is -2.34. The van der Waals surface area contributed by atoms with Gasteiger partial charge in [0.05, 0.1) is 6.10 Å². The van der Waals surface area contributed by atoms with Crippen molar-refractivity contribution in [2.45, 2.75) is 31.8 Å². The van der Waals surface area contributed by atoms with Crippen LogP contribution in [0, 0.1) is 5.92 Å². The Balaban J connectivity index is 1.86. The Morgan fingerprint density at radius 2 is 2.25 bits per heavy atom. The van der Waals surface area contributed by atoms with Crippen LogP contribution in [-0.2, 0) is 4.74 Å². The van der Waals surface area contributed by atoms with E-state index >= 15 is 0 Å². The molecule has 2 nitrogen and oxygen atoms in total. The van der Waals surface area contributed by atoms with E-state index in [1.165, 1.54) is 12.8 Å². The van der Waals surface area contributed by atoms with Crippen LogP contribution in [0.2, 0.25) is 0 Å². The van der Waals surface area contributed by atoms with Crippen molar-refractivity contribution < 1.29 is 4.74 Å². The SMILES string of the molecule is C=CCCCOC1CC(CN)C1. The highest BCUT2D eigenvalue weighted by Crippen LogP contribution is 2.28. The first-order chi connectivity index (χ1) is 5.86. The van der Waals surface area contributed by atoms with Gasteiger partial charge in [0.15, 0.2) is 0 Å². The summed E-state index contributed by atoms with van der Waals surface area (Å²) in [4.78, 5) is 0. The van der Waals surface area contributed by atoms with Crippen LogP contribution in [0.5, 0.6) is 0 Å². The molecule has 0 radical (unpaired) electrons. The molecule has 0 aliphatic heterocycles. The summed E-state index contributed by atoms with van der Waals surface area (Å²) < 4.78 is 5.61. The zero-order valence-corrected chi connectivity index (χ0v) is 7.67. The van der Waals surface area contributed by atoms with Crippen molar-refractivity contribution in [2.75, 3.05) is 13.2 Å². The maximum atomic E-state index is 5.61. The minimum atomic E-state index is 0.503. The molecule has 1 fully saturated rings. The second kappa shape index (κ2) is 5.33. The zero-order valence-electron chi connectivity index (χ0n) is 7.67. The highest BCUT2D eigenvalue weighted by molar-refractivity contribution is 4.80. The smallest absolute Gasteiger partial charge is 0.0581 e. The highest BCUT2D eigenvalue weighted by Gasteiger charge is 2.27. The number of hydrogen-bond donors (Lipinski definition) is 1. The van der Waals surface area contributed by atoms with E-state index in [1.807, 2.05) is 6.08 Å². The summed E-state index contributed by atoms with van der Waals surface area (Å²) in [6.07, 6.45) is 6.95. The number of unbranched alkanes of at least 4 members (excludes halogenated alkanes) is 1. The van der Waals surface area contributed by atoms with Crippen molar-refractivity contribution in [3.8, 4) is 0 Å². The van der Waals surface area contributed by atoms with Gasteiger partial charge in [-0.25, -0.2) is 0 Å². The summed E-state index contributed by atoms with van der Waals surface area (Å²) in [5.41, 5.74) is 5.50. The van der Waals surface area contributed by atoms with E-state index in [2.05, 4.69) is 6.58 Å². The Hall–Kier alpha value is -0.340. The lowest BCUT2D eigenvalue weighted by atomic mass is 9.82. The Labute approximate surface area is 74.8 Å². The Morgan fingerprint density at radius 3 is 2.83 bits per heavy atom. The van der Waals surface area contributed by atoms with Crippen molar-refractivity contribution >= 4 is 0 Å². The number of nitrogens with two attached hydrogens (primary N) is 1. The average molecular weight is 169 g/mol. The van der Waals surface area contributed by atoms with Gasteiger partial charge in [-0.1, -0.05) is 6.08 Å². The monoisotopic (exact) mass is 169 g/mol. The molecule has 0 aromatic rings. The molecule has 2 N–H and O–H groups in total. The first-order valence-corrected chi connectivity index (χ1v) is 4.79. The quantitative estimate of drug-likeness (QED) is 0.485. The number of ether oxygens (including phenoxy) is 1. The van der Waals surface area contributed by atoms with Crippen molar-refractivity contribution in [3.63, 3.8) is 0 Å². The normalized spacial score (nSPS) is 28.1. The topological polar surface area (TPSA) is 35.2 Å². The lowest BCUT2D eigenvalue weighted by molar-refractivity contribution is -0.0283. The molecular weight excluding hydrogens is 150 g/mol. The van der Waals surface area contributed by atoms with Gasteiger partial charge in [0, 0.05) is 6.61 Å². The third-order valence-corrected chi connectivity index (χ3v) is 2.43. The van der Waals surface area contributed by atoms with Crippen LogP contribution in [0.3, 0.4) is 0 Å². The highest BCUT2D eigenvalue weighted by atomic mass is 16.5. The van der Waals surface area contributed by atoms with Gasteiger partial charge >= 0.3 is 0 Å². The van der Waals surface area contributed by atoms with Crippen LogP contribution >= 0.6 is 0 Å². The Kier molecular flexibility index (Phi) is 4.33. The van der Waals surface area contributed by atoms with Gasteiger partial charge in [-0.05, 0) is 38.1 Å². The fourth-order valence-electron chi connectivity index (χ4n) is 1.48. The molecule has 1 aliphatic carbocycles. The van der Waals surface area contributed by atoms with Crippen molar-refractivity contribution in [1.82, 2.24) is 0 Å². The fourth-order valence-corrected chi connectivity index (χ4v) is 1.48. The summed E-state index contributed by atoms with van der Waals surface area (Å²) in [5, 5.41) is 0. The predicted molar refractivity (Wildman–Crippen MR) is 50.9 cm³/mol. The van der Waals surface area contributed by atoms with E-state index in [-0.39, 0.29) is 0 Å². The molecule has 1 saturated carbocycles. The van der Waals surface area contributed by atoms with Gasteiger partial charge < -0.3 is 10.5 Å². The third kappa shape index (κ3) is 2.95. The van der Waals surface area contributed by atoms with Crippen LogP contribution in [0.4, 0.5) is 0 Å². The van der Waals surface area contributed by atoms with E-state index in [0.29, 0.717) is 6.10 Å². The van der Waals surface area contributed by atoms with Gasteiger partial charge in [0.2, 0.25) is 0 Å². The summed E-state index contributed by atoms with van der Waals surface area (Å²) in [6.45, 7) is 5.37. The van der Waals surface area contributed by atoms with E-state index in [9.17, 15) is 0 Å². The minimum absolute atomic E-state index is 0.503. The third-order valence-electron chi connectivity index (χ3n) is 2.43. The number of allylic oxidation sites excluding steroid dienone is 1. The minimum Gasteiger partial charge on any atom is -0.378 e. The van der Waals surface area contributed by atoms with Crippen molar-refractivity contribution in [3.05, 3.63) is 12.7 Å². The summed E-state index contributed by atoms with van der Waals surface area (Å²) >= 11 is 0. The van der Waals surface area contributed by atoms with Gasteiger partial charge in [0.25, 0.3) is 0 Å². The summed E-state index contributed by atoms with van der Waals surface area (Å²) in [7, 11) is 0. The summed E-state index contributed by atoms with van der Waals surface area (Å²) in [6, 6.07) is 0. The maximum Gasteiger partial charge on any atom is 0.0581 e. The van der Waals surface area contributed by atoms with E-state index in [0.717, 1.165) is 31.9 Å². The molecule has 0 amide bonds. The van der Waals surface area contributed by atoms with Crippen LogP contribution in [-0.4, -0.2) is 19.3 Å². The van der Waals surface area contributed by atoms with Gasteiger partial charge in [-0.3, -0.25) is 0 Å². The fraction of sp³-hybridized carbons (Fsp3) is 0.800. The van der Waals surface area contributed by atoms with Crippen LogP contribution < -0.4 is 5.73 Å². The van der Waals surface area contributed by atoms with E-state index < -0.39 is 0 Å². The standard InChI is InChI=1S/C10H19NO/c1-2-3-4-5-12-10-6-9(7-10)8-11/h2,9-10H,1,3-8,11H2. The molecule has 1 rings (SSSR count). The second-order valence-corrected chi connectivity index (χ2v) is 3.50. The van der Waals surface area contributed by atoms with E-state index in [4.69, 9.17) is 10.5 Å². The van der Waals surface area contributed by atoms with Gasteiger partial charge in [-0.15, -0.1) is 6.58 Å². The molecule has 0 heterocycles. The molecule has 0 spiro atoms. The first-order valence-electron chi connectivity index (χ1n) is 4.79. The number of rotatable bonds is 6. The maximum absolute atomic E-state index is 5.61. The molecule has 0 aromatic carbocycles. The van der Waals surface area contributed by atoms with E-state index in [1.54, 1.807) is 0 Å². The zero-order chi connectivity index (χ0) is 8.81. The van der Waals surface area contributed by atoms with Crippen LogP contribution in [0.15, 0.2) is 12.7 Å².